The predicted octanol–water partition coefficient (Wildman–Crippen LogP) is 6.37. The first-order valence-electron chi connectivity index (χ1n) is 11.6. The van der Waals surface area contributed by atoms with Gasteiger partial charge in [0.15, 0.2) is 22.9 Å². The Bertz CT molecular complexity index is 1750. The molecule has 0 radical (unpaired) electrons. The monoisotopic (exact) mass is 512 g/mol. The zero-order valence-corrected chi connectivity index (χ0v) is 20.7. The van der Waals surface area contributed by atoms with Crippen LogP contribution in [0.4, 0.5) is 5.69 Å². The summed E-state index contributed by atoms with van der Waals surface area (Å²) in [6.07, 6.45) is 1.88. The van der Waals surface area contributed by atoms with Gasteiger partial charge in [-0.2, -0.15) is 0 Å². The first-order chi connectivity index (χ1) is 17.9. The van der Waals surface area contributed by atoms with Crippen molar-refractivity contribution < 1.29 is 23.8 Å². The Morgan fingerprint density at radius 2 is 1.78 bits per heavy atom. The molecule has 0 aliphatic carbocycles. The van der Waals surface area contributed by atoms with Gasteiger partial charge in [-0.3, -0.25) is 14.5 Å². The fourth-order valence-corrected chi connectivity index (χ4v) is 5.28. The molecule has 2 aromatic heterocycles. The van der Waals surface area contributed by atoms with E-state index in [1.54, 1.807) is 42.5 Å². The molecule has 8 heteroatoms. The minimum atomic E-state index is -0.882. The average molecular weight is 513 g/mol. The molecule has 5 aromatic rings. The highest BCUT2D eigenvalue weighted by Gasteiger charge is 2.46. The van der Waals surface area contributed by atoms with Crippen molar-refractivity contribution in [3.8, 4) is 5.75 Å². The van der Waals surface area contributed by atoms with Crippen molar-refractivity contribution in [1.82, 2.24) is 4.57 Å². The number of anilines is 1. The summed E-state index contributed by atoms with van der Waals surface area (Å²) >= 11 is 6.20. The van der Waals surface area contributed by atoms with Crippen LogP contribution in [0.15, 0.2) is 94.7 Å². The molecule has 3 aromatic carbocycles. The Labute approximate surface area is 216 Å². The number of amides is 1. The number of carbonyl (C=O) groups is 2. The highest BCUT2D eigenvalue weighted by Crippen LogP contribution is 2.45. The second-order valence-electron chi connectivity index (χ2n) is 8.85. The van der Waals surface area contributed by atoms with Crippen molar-refractivity contribution in [3.63, 3.8) is 0 Å². The maximum atomic E-state index is 14.0. The molecular formula is C29H21ClN2O5. The molecule has 0 saturated heterocycles. The third-order valence-electron chi connectivity index (χ3n) is 6.70. The topological polar surface area (TPSA) is 84.9 Å². The van der Waals surface area contributed by atoms with E-state index in [0.29, 0.717) is 33.0 Å². The van der Waals surface area contributed by atoms with E-state index in [1.807, 2.05) is 48.1 Å². The highest BCUT2D eigenvalue weighted by molar-refractivity contribution is 6.31. The number of furan rings is 1. The van der Waals surface area contributed by atoms with Crippen LogP contribution >= 0.6 is 11.6 Å². The van der Waals surface area contributed by atoms with Crippen LogP contribution in [0, 0.1) is 0 Å². The van der Waals surface area contributed by atoms with E-state index in [2.05, 4.69) is 0 Å². The number of para-hydroxylation sites is 2. The summed E-state index contributed by atoms with van der Waals surface area (Å²) in [7, 11) is 3.38. The number of aryl methyl sites for hydroxylation is 1. The number of nitrogens with zero attached hydrogens (tertiary/aromatic N) is 2. The standard InChI is InChI=1S/C29H21ClN2O5/c1-31-15-20(19-10-6-7-11-21(19)31)25-24(27(34)29(35)32(25)18-8-4-3-5-9-18)26(33)22-13-16-12-17(30)14-23(36-2)28(16)37-22/h3-15,25,34H,1-2H3. The summed E-state index contributed by atoms with van der Waals surface area (Å²) in [5, 5.41) is 13.0. The third-order valence-corrected chi connectivity index (χ3v) is 6.92. The van der Waals surface area contributed by atoms with E-state index in [1.165, 1.54) is 12.0 Å². The van der Waals surface area contributed by atoms with Gasteiger partial charge in [0.1, 0.15) is 0 Å². The fourth-order valence-electron chi connectivity index (χ4n) is 5.06. The summed E-state index contributed by atoms with van der Waals surface area (Å²) < 4.78 is 13.2. The lowest BCUT2D eigenvalue weighted by atomic mass is 9.94. The van der Waals surface area contributed by atoms with Gasteiger partial charge in [0, 0.05) is 51.9 Å². The van der Waals surface area contributed by atoms with Crippen LogP contribution in [0.5, 0.6) is 5.75 Å². The SMILES string of the molecule is COc1cc(Cl)cc2cc(C(=O)C3=C(O)C(=O)N(c4ccccc4)C3c3cn(C)c4ccccc34)oc12. The highest BCUT2D eigenvalue weighted by atomic mass is 35.5. The van der Waals surface area contributed by atoms with Crippen LogP contribution in [-0.2, 0) is 11.8 Å². The number of hydrogen-bond donors (Lipinski definition) is 1. The van der Waals surface area contributed by atoms with E-state index >= 15 is 0 Å². The zero-order chi connectivity index (χ0) is 25.8. The van der Waals surface area contributed by atoms with Gasteiger partial charge in [-0.15, -0.1) is 0 Å². The van der Waals surface area contributed by atoms with Gasteiger partial charge in [-0.25, -0.2) is 0 Å². The summed E-state index contributed by atoms with van der Waals surface area (Å²) in [6.45, 7) is 0. The van der Waals surface area contributed by atoms with Crippen LogP contribution in [0.2, 0.25) is 5.02 Å². The molecule has 3 heterocycles. The molecule has 1 amide bonds. The molecule has 1 unspecified atom stereocenters. The molecule has 1 N–H and O–H groups in total. The molecule has 0 bridgehead atoms. The van der Waals surface area contributed by atoms with Gasteiger partial charge in [0.05, 0.1) is 18.7 Å². The molecule has 6 rings (SSSR count). The molecule has 1 aliphatic heterocycles. The molecular weight excluding hydrogens is 492 g/mol. The number of benzene rings is 3. The van der Waals surface area contributed by atoms with Gasteiger partial charge in [0.2, 0.25) is 5.78 Å². The Hall–Kier alpha value is -4.49. The number of Topliss-reactive ketones (excluding diaryl/α,β-unsaturated/α-hetero) is 1. The molecule has 0 fully saturated rings. The number of rotatable bonds is 5. The number of fused-ring (bicyclic) bond motifs is 2. The Morgan fingerprint density at radius 1 is 1.05 bits per heavy atom. The van der Waals surface area contributed by atoms with Crippen LogP contribution in [-0.4, -0.2) is 28.5 Å². The zero-order valence-electron chi connectivity index (χ0n) is 19.9. The number of halogens is 1. The van der Waals surface area contributed by atoms with Crippen LogP contribution in [0.25, 0.3) is 21.9 Å². The van der Waals surface area contributed by atoms with Gasteiger partial charge in [0.25, 0.3) is 5.91 Å². The number of carbonyl (C=O) groups excluding carboxylic acids is 2. The summed E-state index contributed by atoms with van der Waals surface area (Å²) in [5.41, 5.74) is 2.48. The maximum Gasteiger partial charge on any atom is 0.294 e. The molecule has 0 saturated carbocycles. The lowest BCUT2D eigenvalue weighted by molar-refractivity contribution is -0.117. The number of ether oxygens (including phenoxy) is 1. The second kappa shape index (κ2) is 8.57. The lowest BCUT2D eigenvalue weighted by Crippen LogP contribution is -2.30. The first kappa shape index (κ1) is 22.9. The smallest absolute Gasteiger partial charge is 0.294 e. The number of hydrogen-bond acceptors (Lipinski definition) is 5. The molecule has 1 atom stereocenters. The predicted molar refractivity (Wildman–Crippen MR) is 141 cm³/mol. The minimum Gasteiger partial charge on any atom is -0.503 e. The normalized spacial score (nSPS) is 15.8. The van der Waals surface area contributed by atoms with Crippen LogP contribution in [0.1, 0.15) is 22.2 Å². The number of aliphatic hydroxyl groups is 1. The second-order valence-corrected chi connectivity index (χ2v) is 9.29. The largest absolute Gasteiger partial charge is 0.503 e. The number of aromatic nitrogens is 1. The number of aliphatic hydroxyl groups excluding tert-OH is 1. The number of ketones is 1. The van der Waals surface area contributed by atoms with E-state index < -0.39 is 23.5 Å². The van der Waals surface area contributed by atoms with Crippen molar-refractivity contribution in [1.29, 1.82) is 0 Å². The van der Waals surface area contributed by atoms with Crippen LogP contribution in [0.3, 0.4) is 0 Å². The van der Waals surface area contributed by atoms with Gasteiger partial charge >= 0.3 is 0 Å². The Kier molecular flexibility index (Phi) is 5.31. The summed E-state index contributed by atoms with van der Waals surface area (Å²) in [5.74, 6) is -1.54. The maximum absolute atomic E-state index is 14.0. The van der Waals surface area contributed by atoms with Gasteiger partial charge in [-0.05, 0) is 30.3 Å². The van der Waals surface area contributed by atoms with Gasteiger partial charge in [-0.1, -0.05) is 48.0 Å². The van der Waals surface area contributed by atoms with E-state index in [0.717, 1.165) is 10.9 Å². The molecule has 184 valence electrons. The quantitative estimate of drug-likeness (QED) is 0.277. The van der Waals surface area contributed by atoms with E-state index in [9.17, 15) is 14.7 Å². The third kappa shape index (κ3) is 3.50. The minimum absolute atomic E-state index is 0.0370. The summed E-state index contributed by atoms with van der Waals surface area (Å²) in [6, 6.07) is 20.6. The molecule has 7 nitrogen and oxygen atoms in total. The first-order valence-corrected chi connectivity index (χ1v) is 11.9. The van der Waals surface area contributed by atoms with Crippen molar-refractivity contribution in [2.75, 3.05) is 12.0 Å². The molecule has 1 aliphatic rings. The summed E-state index contributed by atoms with van der Waals surface area (Å²) in [4.78, 5) is 28.9. The number of methoxy groups -OCH3 is 1. The van der Waals surface area contributed by atoms with Crippen molar-refractivity contribution in [2.45, 2.75) is 6.04 Å². The fraction of sp³-hybridized carbons (Fsp3) is 0.103. The van der Waals surface area contributed by atoms with Crippen molar-refractivity contribution in [3.05, 3.63) is 107 Å². The van der Waals surface area contributed by atoms with Crippen molar-refractivity contribution in [2.24, 2.45) is 7.05 Å². The molecule has 37 heavy (non-hydrogen) atoms. The lowest BCUT2D eigenvalue weighted by Gasteiger charge is -2.26. The Balaban J connectivity index is 1.56. The van der Waals surface area contributed by atoms with E-state index in [4.69, 9.17) is 20.8 Å². The average Bonchev–Trinajstić information content (AvgIpc) is 3.56. The van der Waals surface area contributed by atoms with Crippen molar-refractivity contribution >= 4 is 50.9 Å². The van der Waals surface area contributed by atoms with E-state index in [-0.39, 0.29) is 11.3 Å². The Morgan fingerprint density at radius 3 is 2.54 bits per heavy atom. The van der Waals surface area contributed by atoms with Gasteiger partial charge < -0.3 is 18.8 Å². The molecule has 0 spiro atoms. The van der Waals surface area contributed by atoms with Crippen LogP contribution < -0.4 is 9.64 Å².